The third-order valence-electron chi connectivity index (χ3n) is 4.17. The topological polar surface area (TPSA) is 89.8 Å². The first kappa shape index (κ1) is 20.0. The zero-order chi connectivity index (χ0) is 20.6. The maximum atomic E-state index is 12.6. The minimum atomic E-state index is -0.800. The predicted molar refractivity (Wildman–Crippen MR) is 108 cm³/mol. The van der Waals surface area contributed by atoms with E-state index in [-0.39, 0.29) is 18.4 Å². The van der Waals surface area contributed by atoms with Gasteiger partial charge in [-0.3, -0.25) is 9.59 Å². The Morgan fingerprint density at radius 1 is 1.00 bits per heavy atom. The van der Waals surface area contributed by atoms with Crippen molar-refractivity contribution < 1.29 is 23.5 Å². The smallest absolute Gasteiger partial charge is 0.265 e. The number of carbonyl (C=O) groups excluding carboxylic acids is 2. The van der Waals surface area contributed by atoms with Crippen molar-refractivity contribution in [1.29, 1.82) is 0 Å². The SMILES string of the molecule is COc1ccccc1O[C@@H](C)C(=O)Nc1ccccc1C(=O)NCc1ccco1. The maximum Gasteiger partial charge on any atom is 0.265 e. The van der Waals surface area contributed by atoms with E-state index in [1.165, 1.54) is 7.11 Å². The quantitative estimate of drug-likeness (QED) is 0.609. The van der Waals surface area contributed by atoms with Gasteiger partial charge in [0.2, 0.25) is 0 Å². The molecule has 2 N–H and O–H groups in total. The van der Waals surface area contributed by atoms with Gasteiger partial charge in [0.1, 0.15) is 5.76 Å². The summed E-state index contributed by atoms with van der Waals surface area (Å²) in [7, 11) is 1.53. The molecule has 3 rings (SSSR count). The van der Waals surface area contributed by atoms with E-state index in [1.807, 2.05) is 6.07 Å². The van der Waals surface area contributed by atoms with E-state index in [1.54, 1.807) is 67.8 Å². The van der Waals surface area contributed by atoms with Crippen molar-refractivity contribution in [3.8, 4) is 11.5 Å². The van der Waals surface area contributed by atoms with Crippen LogP contribution in [0, 0.1) is 0 Å². The van der Waals surface area contributed by atoms with Gasteiger partial charge in [-0.1, -0.05) is 24.3 Å². The highest BCUT2D eigenvalue weighted by Crippen LogP contribution is 2.27. The summed E-state index contributed by atoms with van der Waals surface area (Å²) in [6.07, 6.45) is 0.740. The largest absolute Gasteiger partial charge is 0.493 e. The summed E-state index contributed by atoms with van der Waals surface area (Å²) in [5, 5.41) is 5.52. The summed E-state index contributed by atoms with van der Waals surface area (Å²) in [5.74, 6) is 0.920. The normalized spacial score (nSPS) is 11.4. The van der Waals surface area contributed by atoms with E-state index < -0.39 is 6.10 Å². The molecule has 2 amide bonds. The van der Waals surface area contributed by atoms with Crippen LogP contribution in [0.25, 0.3) is 0 Å². The fourth-order valence-corrected chi connectivity index (χ4v) is 2.66. The second-order valence-electron chi connectivity index (χ2n) is 6.21. The molecule has 150 valence electrons. The Morgan fingerprint density at radius 3 is 2.45 bits per heavy atom. The van der Waals surface area contributed by atoms with Gasteiger partial charge in [-0.05, 0) is 43.3 Å². The summed E-state index contributed by atoms with van der Waals surface area (Å²) < 4.78 is 16.2. The van der Waals surface area contributed by atoms with E-state index in [0.29, 0.717) is 28.5 Å². The average Bonchev–Trinajstić information content (AvgIpc) is 3.26. The van der Waals surface area contributed by atoms with Gasteiger partial charge in [-0.25, -0.2) is 0 Å². The molecule has 0 fully saturated rings. The molecule has 29 heavy (non-hydrogen) atoms. The Kier molecular flexibility index (Phi) is 6.52. The molecule has 7 nitrogen and oxygen atoms in total. The summed E-state index contributed by atoms with van der Waals surface area (Å²) in [6.45, 7) is 1.88. The zero-order valence-corrected chi connectivity index (χ0v) is 16.2. The maximum absolute atomic E-state index is 12.6. The van der Waals surface area contributed by atoms with Crippen molar-refractivity contribution in [3.05, 3.63) is 78.3 Å². The highest BCUT2D eigenvalue weighted by atomic mass is 16.5. The fourth-order valence-electron chi connectivity index (χ4n) is 2.66. The molecule has 0 aliphatic carbocycles. The molecule has 0 aliphatic rings. The second-order valence-corrected chi connectivity index (χ2v) is 6.21. The second kappa shape index (κ2) is 9.45. The van der Waals surface area contributed by atoms with Gasteiger partial charge in [0.15, 0.2) is 17.6 Å². The van der Waals surface area contributed by atoms with Crippen molar-refractivity contribution in [3.63, 3.8) is 0 Å². The van der Waals surface area contributed by atoms with Crippen molar-refractivity contribution >= 4 is 17.5 Å². The molecular weight excluding hydrogens is 372 g/mol. The van der Waals surface area contributed by atoms with Crippen LogP contribution < -0.4 is 20.1 Å². The van der Waals surface area contributed by atoms with E-state index >= 15 is 0 Å². The molecule has 0 saturated heterocycles. The first-order chi connectivity index (χ1) is 14.1. The predicted octanol–water partition coefficient (Wildman–Crippen LogP) is 3.62. The Balaban J connectivity index is 1.66. The van der Waals surface area contributed by atoms with Crippen LogP contribution in [-0.2, 0) is 11.3 Å². The highest BCUT2D eigenvalue weighted by Gasteiger charge is 2.19. The number of carbonyl (C=O) groups is 2. The Bertz CT molecular complexity index is 969. The van der Waals surface area contributed by atoms with Crippen LogP contribution in [0.1, 0.15) is 23.0 Å². The standard InChI is InChI=1S/C22H22N2O5/c1-15(29-20-12-6-5-11-19(20)27-2)21(25)24-18-10-4-3-9-17(18)22(26)23-14-16-8-7-13-28-16/h3-13,15H,14H2,1-2H3,(H,23,26)(H,24,25)/t15-/m0/s1. The molecule has 0 bridgehead atoms. The van der Waals surface area contributed by atoms with Gasteiger partial charge in [0.25, 0.3) is 11.8 Å². The molecular formula is C22H22N2O5. The van der Waals surface area contributed by atoms with Gasteiger partial charge in [0, 0.05) is 0 Å². The lowest BCUT2D eigenvalue weighted by atomic mass is 10.1. The molecule has 7 heteroatoms. The third kappa shape index (κ3) is 5.16. The monoisotopic (exact) mass is 394 g/mol. The van der Waals surface area contributed by atoms with Crippen LogP contribution in [0.15, 0.2) is 71.3 Å². The number of amides is 2. The minimum Gasteiger partial charge on any atom is -0.493 e. The molecule has 1 atom stereocenters. The van der Waals surface area contributed by atoms with Crippen LogP contribution >= 0.6 is 0 Å². The number of benzene rings is 2. The zero-order valence-electron chi connectivity index (χ0n) is 16.2. The molecule has 0 saturated carbocycles. The number of nitrogens with one attached hydrogen (secondary N) is 2. The number of hydrogen-bond donors (Lipinski definition) is 2. The number of para-hydroxylation sites is 3. The van der Waals surface area contributed by atoms with Crippen molar-refractivity contribution in [2.45, 2.75) is 19.6 Å². The summed E-state index contributed by atoms with van der Waals surface area (Å²) >= 11 is 0. The average molecular weight is 394 g/mol. The van der Waals surface area contributed by atoms with Crippen molar-refractivity contribution in [1.82, 2.24) is 5.32 Å². The van der Waals surface area contributed by atoms with Gasteiger partial charge < -0.3 is 24.5 Å². The number of methoxy groups -OCH3 is 1. The van der Waals surface area contributed by atoms with Gasteiger partial charge in [-0.2, -0.15) is 0 Å². The van der Waals surface area contributed by atoms with Crippen LogP contribution in [0.4, 0.5) is 5.69 Å². The van der Waals surface area contributed by atoms with Gasteiger partial charge >= 0.3 is 0 Å². The van der Waals surface area contributed by atoms with E-state index in [2.05, 4.69) is 10.6 Å². The summed E-state index contributed by atoms with van der Waals surface area (Å²) in [5.41, 5.74) is 0.738. The number of rotatable bonds is 8. The third-order valence-corrected chi connectivity index (χ3v) is 4.17. The van der Waals surface area contributed by atoms with Crippen LogP contribution in [-0.4, -0.2) is 25.0 Å². The van der Waals surface area contributed by atoms with E-state index in [9.17, 15) is 9.59 Å². The molecule has 0 unspecified atom stereocenters. The lowest BCUT2D eigenvalue weighted by molar-refractivity contribution is -0.122. The van der Waals surface area contributed by atoms with Crippen LogP contribution in [0.3, 0.4) is 0 Å². The van der Waals surface area contributed by atoms with Crippen LogP contribution in [0.5, 0.6) is 11.5 Å². The first-order valence-electron chi connectivity index (χ1n) is 9.08. The Labute approximate surface area is 168 Å². The molecule has 0 aliphatic heterocycles. The Hall–Kier alpha value is -3.74. The summed E-state index contributed by atoms with van der Waals surface area (Å²) in [4.78, 5) is 25.1. The number of hydrogen-bond acceptors (Lipinski definition) is 5. The number of furan rings is 1. The van der Waals surface area contributed by atoms with E-state index in [0.717, 1.165) is 0 Å². The molecule has 1 heterocycles. The van der Waals surface area contributed by atoms with Crippen molar-refractivity contribution in [2.75, 3.05) is 12.4 Å². The molecule has 0 spiro atoms. The first-order valence-corrected chi connectivity index (χ1v) is 9.08. The lowest BCUT2D eigenvalue weighted by Gasteiger charge is -2.17. The summed E-state index contributed by atoms with van der Waals surface area (Å²) in [6, 6.07) is 17.4. The number of ether oxygens (including phenoxy) is 2. The minimum absolute atomic E-state index is 0.251. The Morgan fingerprint density at radius 2 is 1.72 bits per heavy atom. The van der Waals surface area contributed by atoms with E-state index in [4.69, 9.17) is 13.9 Å². The molecule has 1 aromatic heterocycles. The van der Waals surface area contributed by atoms with Gasteiger partial charge in [-0.15, -0.1) is 0 Å². The fraction of sp³-hybridized carbons (Fsp3) is 0.182. The highest BCUT2D eigenvalue weighted by molar-refractivity contribution is 6.04. The van der Waals surface area contributed by atoms with Gasteiger partial charge in [0.05, 0.1) is 31.2 Å². The van der Waals surface area contributed by atoms with Crippen molar-refractivity contribution in [2.24, 2.45) is 0 Å². The molecule has 3 aromatic rings. The number of anilines is 1. The van der Waals surface area contributed by atoms with Crippen LogP contribution in [0.2, 0.25) is 0 Å². The molecule has 2 aromatic carbocycles. The molecule has 0 radical (unpaired) electrons. The lowest BCUT2D eigenvalue weighted by Crippen LogP contribution is -2.31.